The van der Waals surface area contributed by atoms with Crippen LogP contribution in [-0.4, -0.2) is 54.2 Å². The van der Waals surface area contributed by atoms with Gasteiger partial charge in [0.1, 0.15) is 12.6 Å². The standard InChI is InChI=1S/C26H32N2O5/c1-17(2)24(29)27-15-9-8-14-23(25(30)31)28(3)26(32)33-16-22-20-12-6-4-10-18(20)19-11-5-7-13-21(19)22/h4-7,10-13,17,22-23H,8-9,14-16H2,1-3H3,(H,27,29)(H,30,31). The number of hydrogen-bond acceptors (Lipinski definition) is 4. The van der Waals surface area contributed by atoms with Crippen LogP contribution in [0.1, 0.15) is 50.2 Å². The van der Waals surface area contributed by atoms with E-state index in [0.717, 1.165) is 27.2 Å². The molecule has 2 N–H and O–H groups in total. The summed E-state index contributed by atoms with van der Waals surface area (Å²) < 4.78 is 5.58. The highest BCUT2D eigenvalue weighted by Crippen LogP contribution is 2.44. The van der Waals surface area contributed by atoms with Gasteiger partial charge in [0.25, 0.3) is 0 Å². The number of fused-ring (bicyclic) bond motifs is 3. The summed E-state index contributed by atoms with van der Waals surface area (Å²) in [6.07, 6.45) is 0.836. The van der Waals surface area contributed by atoms with Gasteiger partial charge in [-0.1, -0.05) is 62.4 Å². The highest BCUT2D eigenvalue weighted by molar-refractivity contribution is 5.81. The largest absolute Gasteiger partial charge is 0.480 e. The number of carboxylic acids is 1. The number of likely N-dealkylation sites (N-methyl/N-ethyl adjacent to an activating group) is 1. The molecule has 0 radical (unpaired) electrons. The van der Waals surface area contributed by atoms with Gasteiger partial charge >= 0.3 is 12.1 Å². The number of carboxylic acid groups (broad SMARTS) is 1. The van der Waals surface area contributed by atoms with Gasteiger partial charge in [0.2, 0.25) is 5.91 Å². The van der Waals surface area contributed by atoms with Crippen LogP contribution < -0.4 is 5.32 Å². The van der Waals surface area contributed by atoms with Gasteiger partial charge in [-0.3, -0.25) is 9.69 Å². The van der Waals surface area contributed by atoms with Crippen LogP contribution in [0, 0.1) is 5.92 Å². The van der Waals surface area contributed by atoms with Crippen molar-refractivity contribution in [2.24, 2.45) is 5.92 Å². The van der Waals surface area contributed by atoms with Crippen molar-refractivity contribution in [1.82, 2.24) is 10.2 Å². The third kappa shape index (κ3) is 5.72. The van der Waals surface area contributed by atoms with E-state index in [2.05, 4.69) is 17.4 Å². The average Bonchev–Trinajstić information content (AvgIpc) is 3.12. The minimum absolute atomic E-state index is 0.0273. The molecule has 0 bridgehead atoms. The number of nitrogens with zero attached hydrogens (tertiary/aromatic N) is 1. The Morgan fingerprint density at radius 3 is 2.12 bits per heavy atom. The molecule has 3 rings (SSSR count). The molecule has 2 aromatic rings. The van der Waals surface area contributed by atoms with Gasteiger partial charge in [-0.25, -0.2) is 9.59 Å². The first-order valence-corrected chi connectivity index (χ1v) is 11.4. The Hall–Kier alpha value is -3.35. The minimum Gasteiger partial charge on any atom is -0.480 e. The average molecular weight is 453 g/mol. The van der Waals surface area contributed by atoms with Crippen LogP contribution in [0.15, 0.2) is 48.5 Å². The number of ether oxygens (including phenoxy) is 1. The van der Waals surface area contributed by atoms with Crippen molar-refractivity contribution >= 4 is 18.0 Å². The summed E-state index contributed by atoms with van der Waals surface area (Å²) in [5, 5.41) is 12.4. The quantitative estimate of drug-likeness (QED) is 0.525. The summed E-state index contributed by atoms with van der Waals surface area (Å²) in [6.45, 7) is 4.26. The zero-order valence-corrected chi connectivity index (χ0v) is 19.4. The van der Waals surface area contributed by atoms with Crippen LogP contribution in [0.4, 0.5) is 4.79 Å². The van der Waals surface area contributed by atoms with E-state index >= 15 is 0 Å². The number of nitrogens with one attached hydrogen (secondary N) is 1. The molecular formula is C26H32N2O5. The molecule has 7 heteroatoms. The fourth-order valence-electron chi connectivity index (χ4n) is 4.18. The summed E-state index contributed by atoms with van der Waals surface area (Å²) in [6, 6.07) is 15.1. The highest BCUT2D eigenvalue weighted by Gasteiger charge is 2.31. The number of carbonyl (C=O) groups is 3. The zero-order chi connectivity index (χ0) is 24.0. The lowest BCUT2D eigenvalue weighted by Gasteiger charge is -2.25. The molecule has 33 heavy (non-hydrogen) atoms. The first-order valence-electron chi connectivity index (χ1n) is 11.4. The van der Waals surface area contributed by atoms with Crippen LogP contribution in [0.5, 0.6) is 0 Å². The predicted molar refractivity (Wildman–Crippen MR) is 126 cm³/mol. The van der Waals surface area contributed by atoms with E-state index in [9.17, 15) is 19.5 Å². The third-order valence-electron chi connectivity index (χ3n) is 6.10. The van der Waals surface area contributed by atoms with Gasteiger partial charge in [-0.15, -0.1) is 0 Å². The van der Waals surface area contributed by atoms with E-state index in [1.54, 1.807) is 0 Å². The number of amides is 2. The second kappa shape index (κ2) is 11.0. The second-order valence-electron chi connectivity index (χ2n) is 8.71. The van der Waals surface area contributed by atoms with Gasteiger partial charge in [0, 0.05) is 25.4 Å². The summed E-state index contributed by atoms with van der Waals surface area (Å²) >= 11 is 0. The summed E-state index contributed by atoms with van der Waals surface area (Å²) in [4.78, 5) is 37.2. The molecule has 0 saturated carbocycles. The van der Waals surface area contributed by atoms with Crippen molar-refractivity contribution < 1.29 is 24.2 Å². The predicted octanol–water partition coefficient (Wildman–Crippen LogP) is 4.26. The molecule has 0 saturated heterocycles. The molecular weight excluding hydrogens is 420 g/mol. The van der Waals surface area contributed by atoms with Crippen LogP contribution in [0.2, 0.25) is 0 Å². The molecule has 2 aromatic carbocycles. The van der Waals surface area contributed by atoms with E-state index in [4.69, 9.17) is 4.74 Å². The fourth-order valence-corrected chi connectivity index (χ4v) is 4.18. The van der Waals surface area contributed by atoms with E-state index in [-0.39, 0.29) is 30.8 Å². The van der Waals surface area contributed by atoms with E-state index < -0.39 is 18.1 Å². The fraction of sp³-hybridized carbons (Fsp3) is 0.423. The molecule has 1 aliphatic carbocycles. The van der Waals surface area contributed by atoms with Crippen LogP contribution in [0.25, 0.3) is 11.1 Å². The molecule has 1 aliphatic rings. The van der Waals surface area contributed by atoms with Crippen molar-refractivity contribution in [2.45, 2.75) is 45.1 Å². The van der Waals surface area contributed by atoms with Crippen molar-refractivity contribution in [3.63, 3.8) is 0 Å². The molecule has 0 aromatic heterocycles. The van der Waals surface area contributed by atoms with E-state index in [1.807, 2.05) is 50.2 Å². The maximum absolute atomic E-state index is 12.7. The number of carbonyl (C=O) groups excluding carboxylic acids is 2. The third-order valence-corrected chi connectivity index (χ3v) is 6.10. The lowest BCUT2D eigenvalue weighted by Crippen LogP contribution is -2.43. The van der Waals surface area contributed by atoms with Crippen LogP contribution in [-0.2, 0) is 14.3 Å². The molecule has 0 fully saturated rings. The van der Waals surface area contributed by atoms with Crippen molar-refractivity contribution in [3.8, 4) is 11.1 Å². The minimum atomic E-state index is -1.07. The van der Waals surface area contributed by atoms with Crippen molar-refractivity contribution in [3.05, 3.63) is 59.7 Å². The maximum Gasteiger partial charge on any atom is 0.410 e. The molecule has 1 unspecified atom stereocenters. The Kier molecular flexibility index (Phi) is 8.09. The van der Waals surface area contributed by atoms with E-state index in [0.29, 0.717) is 19.4 Å². The monoisotopic (exact) mass is 452 g/mol. The molecule has 2 amide bonds. The zero-order valence-electron chi connectivity index (χ0n) is 19.4. The van der Waals surface area contributed by atoms with Crippen molar-refractivity contribution in [2.75, 3.05) is 20.2 Å². The Labute approximate surface area is 194 Å². The van der Waals surface area contributed by atoms with Gasteiger partial charge in [0.15, 0.2) is 0 Å². The maximum atomic E-state index is 12.7. The first-order chi connectivity index (χ1) is 15.8. The van der Waals surface area contributed by atoms with Gasteiger partial charge in [0.05, 0.1) is 0 Å². The van der Waals surface area contributed by atoms with E-state index in [1.165, 1.54) is 7.05 Å². The number of hydrogen-bond donors (Lipinski definition) is 2. The number of benzene rings is 2. The lowest BCUT2D eigenvalue weighted by molar-refractivity contribution is -0.142. The first kappa shape index (κ1) is 24.3. The summed E-state index contributed by atoms with van der Waals surface area (Å²) in [7, 11) is 1.46. The smallest absolute Gasteiger partial charge is 0.410 e. The molecule has 1 atom stereocenters. The number of rotatable bonds is 10. The second-order valence-corrected chi connectivity index (χ2v) is 8.71. The molecule has 0 spiro atoms. The lowest BCUT2D eigenvalue weighted by atomic mass is 9.98. The number of unbranched alkanes of at least 4 members (excludes halogenated alkanes) is 1. The SMILES string of the molecule is CC(C)C(=O)NCCCCC(C(=O)O)N(C)C(=O)OCC1c2ccccc2-c2ccccc21. The Balaban J connectivity index is 1.55. The van der Waals surface area contributed by atoms with Gasteiger partial charge in [-0.2, -0.15) is 0 Å². The van der Waals surface area contributed by atoms with Crippen LogP contribution in [0.3, 0.4) is 0 Å². The molecule has 7 nitrogen and oxygen atoms in total. The Morgan fingerprint density at radius 1 is 1.00 bits per heavy atom. The number of aliphatic carboxylic acids is 1. The van der Waals surface area contributed by atoms with Gasteiger partial charge < -0.3 is 15.2 Å². The Morgan fingerprint density at radius 2 is 1.58 bits per heavy atom. The van der Waals surface area contributed by atoms with Crippen LogP contribution >= 0.6 is 0 Å². The summed E-state index contributed by atoms with van der Waals surface area (Å²) in [5.74, 6) is -1.27. The molecule has 0 aliphatic heterocycles. The molecule has 0 heterocycles. The molecule has 176 valence electrons. The van der Waals surface area contributed by atoms with Gasteiger partial charge in [-0.05, 0) is 41.5 Å². The normalized spacial score (nSPS) is 13.2. The van der Waals surface area contributed by atoms with Crippen molar-refractivity contribution in [1.29, 1.82) is 0 Å². The topological polar surface area (TPSA) is 95.9 Å². The summed E-state index contributed by atoms with van der Waals surface area (Å²) in [5.41, 5.74) is 4.48. The Bertz CT molecular complexity index is 958. The highest BCUT2D eigenvalue weighted by atomic mass is 16.6.